The molecular formula is C18H22N2O3S. The van der Waals surface area contributed by atoms with Gasteiger partial charge in [0.15, 0.2) is 4.77 Å². The highest BCUT2D eigenvalue weighted by atomic mass is 32.1. The topological polar surface area (TPSA) is 64.1 Å². The second kappa shape index (κ2) is 6.51. The predicted octanol–water partition coefficient (Wildman–Crippen LogP) is 3.84. The average molecular weight is 346 g/mol. The monoisotopic (exact) mass is 346 g/mol. The molecule has 3 rings (SSSR count). The number of fused-ring (bicyclic) bond motifs is 1. The van der Waals surface area contributed by atoms with Gasteiger partial charge in [-0.25, -0.2) is 4.79 Å². The van der Waals surface area contributed by atoms with Gasteiger partial charge in [-0.3, -0.25) is 9.36 Å². The van der Waals surface area contributed by atoms with E-state index in [9.17, 15) is 9.59 Å². The Balaban J connectivity index is 2.16. The molecule has 6 heteroatoms. The number of ether oxygens (including phenoxy) is 1. The molecule has 1 aromatic carbocycles. The van der Waals surface area contributed by atoms with E-state index in [2.05, 4.69) is 18.8 Å². The van der Waals surface area contributed by atoms with Crippen molar-refractivity contribution in [1.82, 2.24) is 9.55 Å². The van der Waals surface area contributed by atoms with Gasteiger partial charge in [-0.2, -0.15) is 0 Å². The van der Waals surface area contributed by atoms with E-state index in [0.717, 1.165) is 12.8 Å². The molecule has 2 aromatic rings. The Kier molecular flexibility index (Phi) is 4.58. The van der Waals surface area contributed by atoms with Crippen LogP contribution in [0.1, 0.15) is 49.5 Å². The quantitative estimate of drug-likeness (QED) is 0.663. The molecule has 0 bridgehead atoms. The molecule has 0 unspecified atom stereocenters. The average Bonchev–Trinajstić information content (AvgIpc) is 2.57. The van der Waals surface area contributed by atoms with E-state index < -0.39 is 5.97 Å². The van der Waals surface area contributed by atoms with Gasteiger partial charge in [-0.1, -0.05) is 26.7 Å². The van der Waals surface area contributed by atoms with Gasteiger partial charge >= 0.3 is 5.97 Å². The number of methoxy groups -OCH3 is 1. The summed E-state index contributed by atoms with van der Waals surface area (Å²) < 4.78 is 6.88. The molecule has 0 spiro atoms. The van der Waals surface area contributed by atoms with Crippen molar-refractivity contribution >= 4 is 29.1 Å². The van der Waals surface area contributed by atoms with Crippen LogP contribution < -0.4 is 5.56 Å². The van der Waals surface area contributed by atoms with E-state index in [-0.39, 0.29) is 11.6 Å². The molecular weight excluding hydrogens is 324 g/mol. The van der Waals surface area contributed by atoms with Crippen LogP contribution >= 0.6 is 12.2 Å². The highest BCUT2D eigenvalue weighted by Gasteiger charge is 2.30. The van der Waals surface area contributed by atoms with Crippen molar-refractivity contribution < 1.29 is 9.53 Å². The lowest BCUT2D eigenvalue weighted by molar-refractivity contribution is 0.0601. The molecule has 1 aromatic heterocycles. The van der Waals surface area contributed by atoms with Crippen molar-refractivity contribution in [2.24, 2.45) is 11.8 Å². The number of nitrogens with zero attached hydrogens (tertiary/aromatic N) is 1. The predicted molar refractivity (Wildman–Crippen MR) is 95.9 cm³/mol. The number of hydrogen-bond acceptors (Lipinski definition) is 4. The van der Waals surface area contributed by atoms with E-state index in [0.29, 0.717) is 33.1 Å². The van der Waals surface area contributed by atoms with Crippen LogP contribution in [0.2, 0.25) is 0 Å². The number of benzene rings is 1. The Morgan fingerprint density at radius 3 is 2.79 bits per heavy atom. The smallest absolute Gasteiger partial charge is 0.337 e. The highest BCUT2D eigenvalue weighted by molar-refractivity contribution is 7.71. The SMILES string of the molecule is COC(=O)c1ccc2c(=O)n([C@@H]3CCC[C@H](C)[C@H]3C)c(=S)[nH]c2c1. The van der Waals surface area contributed by atoms with Gasteiger partial charge in [0.05, 0.1) is 23.6 Å². The summed E-state index contributed by atoms with van der Waals surface area (Å²) >= 11 is 5.47. The zero-order valence-corrected chi connectivity index (χ0v) is 15.0. The maximum atomic E-state index is 13.0. The molecule has 24 heavy (non-hydrogen) atoms. The van der Waals surface area contributed by atoms with E-state index in [1.165, 1.54) is 13.5 Å². The van der Waals surface area contributed by atoms with Crippen LogP contribution in [0.5, 0.6) is 0 Å². The number of H-pyrrole nitrogens is 1. The lowest BCUT2D eigenvalue weighted by Gasteiger charge is -2.35. The highest BCUT2D eigenvalue weighted by Crippen LogP contribution is 2.37. The van der Waals surface area contributed by atoms with Crippen molar-refractivity contribution in [2.75, 3.05) is 7.11 Å². The van der Waals surface area contributed by atoms with Crippen LogP contribution in [-0.4, -0.2) is 22.6 Å². The maximum Gasteiger partial charge on any atom is 0.337 e. The molecule has 1 N–H and O–H groups in total. The van der Waals surface area contributed by atoms with Gasteiger partial charge in [0.25, 0.3) is 5.56 Å². The Morgan fingerprint density at radius 1 is 1.33 bits per heavy atom. The molecule has 5 nitrogen and oxygen atoms in total. The first-order valence-corrected chi connectivity index (χ1v) is 8.71. The molecule has 1 saturated carbocycles. The van der Waals surface area contributed by atoms with Gasteiger partial charge < -0.3 is 9.72 Å². The summed E-state index contributed by atoms with van der Waals surface area (Å²) in [6.07, 6.45) is 3.27. The summed E-state index contributed by atoms with van der Waals surface area (Å²) in [7, 11) is 1.33. The first-order valence-electron chi connectivity index (χ1n) is 8.31. The fourth-order valence-corrected chi connectivity index (χ4v) is 4.02. The Morgan fingerprint density at radius 2 is 2.08 bits per heavy atom. The lowest BCUT2D eigenvalue weighted by atomic mass is 9.78. The molecule has 0 saturated heterocycles. The fraction of sp³-hybridized carbons (Fsp3) is 0.500. The Hall–Kier alpha value is -1.95. The molecule has 1 fully saturated rings. The van der Waals surface area contributed by atoms with E-state index >= 15 is 0 Å². The maximum absolute atomic E-state index is 13.0. The van der Waals surface area contributed by atoms with Crippen LogP contribution in [0.4, 0.5) is 0 Å². The minimum Gasteiger partial charge on any atom is -0.465 e. The van der Waals surface area contributed by atoms with Gasteiger partial charge in [-0.05, 0) is 48.7 Å². The van der Waals surface area contributed by atoms with Crippen LogP contribution in [-0.2, 0) is 4.74 Å². The largest absolute Gasteiger partial charge is 0.465 e. The van der Waals surface area contributed by atoms with Crippen LogP contribution in [0.3, 0.4) is 0 Å². The second-order valence-electron chi connectivity index (χ2n) is 6.69. The third-order valence-electron chi connectivity index (χ3n) is 5.35. The van der Waals surface area contributed by atoms with Crippen molar-refractivity contribution in [2.45, 2.75) is 39.2 Å². The molecule has 128 valence electrons. The molecule has 1 heterocycles. The number of hydrogen-bond donors (Lipinski definition) is 1. The zero-order chi connectivity index (χ0) is 17.4. The standard InChI is InChI=1S/C18H22N2O3S/c1-10-5-4-6-15(11(10)2)20-16(21)13-8-7-12(17(22)23-3)9-14(13)19-18(20)24/h7-11,15H,4-6H2,1-3H3,(H,19,24)/t10-,11+,15+/m0/s1. The second-order valence-corrected chi connectivity index (χ2v) is 7.08. The molecule has 0 amide bonds. The lowest BCUT2D eigenvalue weighted by Crippen LogP contribution is -2.34. The van der Waals surface area contributed by atoms with E-state index in [4.69, 9.17) is 17.0 Å². The Labute approximate surface area is 145 Å². The van der Waals surface area contributed by atoms with Gasteiger partial charge in [0.1, 0.15) is 0 Å². The minimum absolute atomic E-state index is 0.0869. The number of aromatic nitrogens is 2. The van der Waals surface area contributed by atoms with Crippen molar-refractivity contribution in [3.8, 4) is 0 Å². The van der Waals surface area contributed by atoms with Crippen molar-refractivity contribution in [3.05, 3.63) is 38.9 Å². The molecule has 1 aliphatic rings. The first-order chi connectivity index (χ1) is 11.4. The number of esters is 1. The van der Waals surface area contributed by atoms with Gasteiger partial charge in [0.2, 0.25) is 0 Å². The summed E-state index contributed by atoms with van der Waals surface area (Å²) in [5, 5.41) is 0.543. The van der Waals surface area contributed by atoms with Gasteiger partial charge in [-0.15, -0.1) is 0 Å². The molecule has 0 radical (unpaired) electrons. The zero-order valence-electron chi connectivity index (χ0n) is 14.2. The van der Waals surface area contributed by atoms with Crippen molar-refractivity contribution in [1.29, 1.82) is 0 Å². The van der Waals surface area contributed by atoms with Gasteiger partial charge in [0, 0.05) is 6.04 Å². The molecule has 0 aliphatic heterocycles. The third-order valence-corrected chi connectivity index (χ3v) is 5.64. The summed E-state index contributed by atoms with van der Waals surface area (Å²) in [6.45, 7) is 4.43. The van der Waals surface area contributed by atoms with Crippen molar-refractivity contribution in [3.63, 3.8) is 0 Å². The summed E-state index contributed by atoms with van der Waals surface area (Å²) in [5.41, 5.74) is 0.879. The summed E-state index contributed by atoms with van der Waals surface area (Å²) in [4.78, 5) is 27.8. The number of carbonyl (C=O) groups is 1. The van der Waals surface area contributed by atoms with Crippen LogP contribution in [0.25, 0.3) is 10.9 Å². The first kappa shape index (κ1) is 16.9. The molecule has 1 aliphatic carbocycles. The summed E-state index contributed by atoms with van der Waals surface area (Å²) in [5.74, 6) is 0.538. The number of aromatic amines is 1. The number of nitrogens with one attached hydrogen (secondary N) is 1. The molecule has 3 atom stereocenters. The number of carbonyl (C=O) groups excluding carboxylic acids is 1. The minimum atomic E-state index is -0.435. The van der Waals surface area contributed by atoms with E-state index in [1.54, 1.807) is 22.8 Å². The normalized spacial score (nSPS) is 24.0. The Bertz CT molecular complexity index is 899. The van der Waals surface area contributed by atoms with Crippen LogP contribution in [0.15, 0.2) is 23.0 Å². The van der Waals surface area contributed by atoms with Crippen LogP contribution in [0, 0.1) is 16.6 Å². The third kappa shape index (κ3) is 2.79. The summed E-state index contributed by atoms with van der Waals surface area (Å²) in [6, 6.07) is 5.02. The number of rotatable bonds is 2. The van der Waals surface area contributed by atoms with E-state index in [1.807, 2.05) is 0 Å². The fourth-order valence-electron chi connectivity index (χ4n) is 3.70.